The van der Waals surface area contributed by atoms with Gasteiger partial charge in [0.05, 0.1) is 10.6 Å². The molecule has 2 amide bonds. The van der Waals surface area contributed by atoms with E-state index in [0.717, 1.165) is 32.7 Å². The predicted octanol–water partition coefficient (Wildman–Crippen LogP) is 5.29. The molecule has 1 unspecified atom stereocenters. The topological polar surface area (TPSA) is 86.8 Å². The Hall–Kier alpha value is -3.17. The van der Waals surface area contributed by atoms with Crippen LogP contribution in [-0.4, -0.2) is 44.3 Å². The molecular formula is C29H34BrN3O4S. The van der Waals surface area contributed by atoms with Crippen molar-refractivity contribution in [2.24, 2.45) is 0 Å². The van der Waals surface area contributed by atoms with Gasteiger partial charge in [-0.2, -0.15) is 0 Å². The minimum atomic E-state index is -4.06. The third-order valence-electron chi connectivity index (χ3n) is 6.17. The fraction of sp³-hybridized carbons (Fsp3) is 0.310. The van der Waals surface area contributed by atoms with Crippen LogP contribution in [0.25, 0.3) is 0 Å². The molecular weight excluding hydrogens is 566 g/mol. The summed E-state index contributed by atoms with van der Waals surface area (Å²) >= 11 is 3.45. The summed E-state index contributed by atoms with van der Waals surface area (Å²) in [5.74, 6) is -0.767. The minimum absolute atomic E-state index is 0.0867. The largest absolute Gasteiger partial charge is 0.354 e. The van der Waals surface area contributed by atoms with Crippen LogP contribution in [-0.2, 0) is 26.2 Å². The number of sulfonamides is 1. The van der Waals surface area contributed by atoms with Crippen LogP contribution < -0.4 is 9.62 Å². The second-order valence-corrected chi connectivity index (χ2v) is 11.9. The maximum atomic E-state index is 13.9. The number of amides is 2. The summed E-state index contributed by atoms with van der Waals surface area (Å²) in [6.45, 7) is 5.77. The zero-order chi connectivity index (χ0) is 27.7. The smallest absolute Gasteiger partial charge is 0.264 e. The Kier molecular flexibility index (Phi) is 10.5. The van der Waals surface area contributed by atoms with Crippen LogP contribution in [0.15, 0.2) is 88.2 Å². The van der Waals surface area contributed by atoms with E-state index in [1.807, 2.05) is 38.1 Å². The number of aryl methyl sites for hydroxylation is 1. The first-order valence-electron chi connectivity index (χ1n) is 12.6. The quantitative estimate of drug-likeness (QED) is 0.287. The van der Waals surface area contributed by atoms with Crippen LogP contribution in [0.4, 0.5) is 5.69 Å². The van der Waals surface area contributed by atoms with E-state index in [2.05, 4.69) is 21.2 Å². The molecule has 0 fully saturated rings. The van der Waals surface area contributed by atoms with E-state index in [1.54, 1.807) is 49.4 Å². The number of rotatable bonds is 12. The van der Waals surface area contributed by atoms with Gasteiger partial charge in [-0.1, -0.05) is 77.3 Å². The molecule has 7 nitrogen and oxygen atoms in total. The zero-order valence-corrected chi connectivity index (χ0v) is 24.3. The van der Waals surface area contributed by atoms with E-state index >= 15 is 0 Å². The average molecular weight is 601 g/mol. The SMILES string of the molecule is CCCCNC(=O)C(C)N(Cc1cccc(Br)c1)C(=O)CN(c1ccccc1)S(=O)(=O)c1ccc(C)cc1. The van der Waals surface area contributed by atoms with Gasteiger partial charge in [0.25, 0.3) is 10.0 Å². The van der Waals surface area contributed by atoms with E-state index in [4.69, 9.17) is 0 Å². The van der Waals surface area contributed by atoms with Crippen LogP contribution in [0.3, 0.4) is 0 Å². The summed E-state index contributed by atoms with van der Waals surface area (Å²) in [7, 11) is -4.06. The van der Waals surface area contributed by atoms with E-state index in [-0.39, 0.29) is 17.3 Å². The Bertz CT molecular complexity index is 1330. The number of hydrogen-bond acceptors (Lipinski definition) is 4. The number of anilines is 1. The van der Waals surface area contributed by atoms with Gasteiger partial charge in [0.1, 0.15) is 12.6 Å². The number of unbranched alkanes of at least 4 members (excludes halogenated alkanes) is 1. The Balaban J connectivity index is 1.97. The molecule has 0 aliphatic rings. The standard InChI is InChI=1S/C29H34BrN3O4S/c1-4-5-18-31-29(35)23(3)32(20-24-10-9-11-25(30)19-24)28(34)21-33(26-12-7-6-8-13-26)38(36,37)27-16-14-22(2)15-17-27/h6-17,19,23H,4-5,18,20-21H2,1-3H3,(H,31,35). The van der Waals surface area contributed by atoms with Crippen molar-refractivity contribution >= 4 is 43.5 Å². The van der Waals surface area contributed by atoms with Gasteiger partial charge in [-0.15, -0.1) is 0 Å². The molecule has 0 saturated carbocycles. The van der Waals surface area contributed by atoms with E-state index in [9.17, 15) is 18.0 Å². The molecule has 0 radical (unpaired) electrons. The molecule has 38 heavy (non-hydrogen) atoms. The highest BCUT2D eigenvalue weighted by Crippen LogP contribution is 2.25. The van der Waals surface area contributed by atoms with E-state index < -0.39 is 28.5 Å². The molecule has 0 saturated heterocycles. The molecule has 0 aliphatic carbocycles. The summed E-state index contributed by atoms with van der Waals surface area (Å²) in [6, 6.07) is 21.7. The van der Waals surface area contributed by atoms with Gasteiger partial charge in [0, 0.05) is 17.6 Å². The summed E-state index contributed by atoms with van der Waals surface area (Å²) in [5, 5.41) is 2.89. The first-order valence-corrected chi connectivity index (χ1v) is 14.8. The molecule has 0 aromatic heterocycles. The van der Waals surface area contributed by atoms with Gasteiger partial charge in [0.15, 0.2) is 0 Å². The fourth-order valence-electron chi connectivity index (χ4n) is 3.91. The van der Waals surface area contributed by atoms with Gasteiger partial charge >= 0.3 is 0 Å². The molecule has 202 valence electrons. The minimum Gasteiger partial charge on any atom is -0.354 e. The van der Waals surface area contributed by atoms with Crippen molar-refractivity contribution in [1.29, 1.82) is 0 Å². The third-order valence-corrected chi connectivity index (χ3v) is 8.45. The molecule has 0 spiro atoms. The highest BCUT2D eigenvalue weighted by Gasteiger charge is 2.32. The highest BCUT2D eigenvalue weighted by molar-refractivity contribution is 9.10. The summed E-state index contributed by atoms with van der Waals surface area (Å²) < 4.78 is 29.5. The molecule has 1 N–H and O–H groups in total. The monoisotopic (exact) mass is 599 g/mol. The van der Waals surface area contributed by atoms with Crippen molar-refractivity contribution < 1.29 is 18.0 Å². The predicted molar refractivity (Wildman–Crippen MR) is 154 cm³/mol. The van der Waals surface area contributed by atoms with Crippen LogP contribution in [0, 0.1) is 6.92 Å². The highest BCUT2D eigenvalue weighted by atomic mass is 79.9. The Labute approximate surface area is 234 Å². The van der Waals surface area contributed by atoms with Crippen LogP contribution >= 0.6 is 15.9 Å². The lowest BCUT2D eigenvalue weighted by atomic mass is 10.1. The van der Waals surface area contributed by atoms with Crippen LogP contribution in [0.2, 0.25) is 0 Å². The maximum absolute atomic E-state index is 13.9. The van der Waals surface area contributed by atoms with Crippen molar-refractivity contribution in [2.75, 3.05) is 17.4 Å². The number of nitrogens with one attached hydrogen (secondary N) is 1. The third kappa shape index (κ3) is 7.68. The molecule has 0 bridgehead atoms. The number of carbonyl (C=O) groups is 2. The van der Waals surface area contributed by atoms with Crippen LogP contribution in [0.5, 0.6) is 0 Å². The second kappa shape index (κ2) is 13.6. The zero-order valence-electron chi connectivity index (χ0n) is 21.9. The van der Waals surface area contributed by atoms with Crippen LogP contribution in [0.1, 0.15) is 37.8 Å². The van der Waals surface area contributed by atoms with Gasteiger partial charge in [0.2, 0.25) is 11.8 Å². The first kappa shape index (κ1) is 29.4. The molecule has 3 aromatic rings. The molecule has 3 aromatic carbocycles. The van der Waals surface area contributed by atoms with Crippen molar-refractivity contribution in [3.8, 4) is 0 Å². The number of nitrogens with zero attached hydrogens (tertiary/aromatic N) is 2. The molecule has 1 atom stereocenters. The average Bonchev–Trinajstić information content (AvgIpc) is 2.90. The number of carbonyl (C=O) groups excluding carboxylic acids is 2. The van der Waals surface area contributed by atoms with Gasteiger partial charge < -0.3 is 10.2 Å². The van der Waals surface area contributed by atoms with E-state index in [1.165, 1.54) is 17.0 Å². The lowest BCUT2D eigenvalue weighted by molar-refractivity contribution is -0.139. The number of benzene rings is 3. The van der Waals surface area contributed by atoms with Crippen molar-refractivity contribution in [3.05, 3.63) is 94.5 Å². The van der Waals surface area contributed by atoms with Gasteiger partial charge in [-0.05, 0) is 62.2 Å². The maximum Gasteiger partial charge on any atom is 0.264 e. The fourth-order valence-corrected chi connectivity index (χ4v) is 5.77. The number of para-hydroxylation sites is 1. The second-order valence-electron chi connectivity index (χ2n) is 9.13. The lowest BCUT2D eigenvalue weighted by Crippen LogP contribution is -2.51. The molecule has 0 aliphatic heterocycles. The van der Waals surface area contributed by atoms with Gasteiger partial charge in [-0.3, -0.25) is 13.9 Å². The Morgan fingerprint density at radius 2 is 1.66 bits per heavy atom. The first-order chi connectivity index (χ1) is 18.1. The number of hydrogen-bond donors (Lipinski definition) is 1. The summed E-state index contributed by atoms with van der Waals surface area (Å²) in [4.78, 5) is 28.4. The van der Waals surface area contributed by atoms with Gasteiger partial charge in [-0.25, -0.2) is 8.42 Å². The Morgan fingerprint density at radius 3 is 2.29 bits per heavy atom. The molecule has 3 rings (SSSR count). The molecule has 9 heteroatoms. The summed E-state index contributed by atoms with van der Waals surface area (Å²) in [6.07, 6.45) is 1.76. The normalized spacial score (nSPS) is 12.0. The van der Waals surface area contributed by atoms with Crippen molar-refractivity contribution in [1.82, 2.24) is 10.2 Å². The lowest BCUT2D eigenvalue weighted by Gasteiger charge is -2.32. The Morgan fingerprint density at radius 1 is 0.974 bits per heavy atom. The van der Waals surface area contributed by atoms with Crippen molar-refractivity contribution in [3.63, 3.8) is 0 Å². The van der Waals surface area contributed by atoms with Crippen molar-refractivity contribution in [2.45, 2.75) is 51.1 Å². The van der Waals surface area contributed by atoms with E-state index in [0.29, 0.717) is 12.2 Å². The summed E-state index contributed by atoms with van der Waals surface area (Å²) in [5.41, 5.74) is 2.10. The number of halogens is 1. The molecule has 0 heterocycles.